The standard InChI is InChI=1S/C10H17NO2/c1-8(12-3)9-4-5-10(2,13-9)6-7-11/h8-9H,4-6H2,1-3H3. The maximum Gasteiger partial charge on any atom is 0.0842 e. The first-order valence-electron chi connectivity index (χ1n) is 4.69. The molecule has 0 aromatic heterocycles. The molecule has 1 fully saturated rings. The van der Waals surface area contributed by atoms with E-state index in [4.69, 9.17) is 14.7 Å². The number of rotatable bonds is 3. The van der Waals surface area contributed by atoms with Crippen molar-refractivity contribution >= 4 is 0 Å². The molecule has 1 heterocycles. The molecular formula is C10H17NO2. The minimum atomic E-state index is -0.244. The lowest BCUT2D eigenvalue weighted by Gasteiger charge is -2.24. The molecule has 3 unspecified atom stereocenters. The van der Waals surface area contributed by atoms with Crippen molar-refractivity contribution in [2.24, 2.45) is 0 Å². The van der Waals surface area contributed by atoms with Gasteiger partial charge in [0.2, 0.25) is 0 Å². The summed E-state index contributed by atoms with van der Waals surface area (Å²) >= 11 is 0. The van der Waals surface area contributed by atoms with Crippen molar-refractivity contribution in [3.05, 3.63) is 0 Å². The predicted octanol–water partition coefficient (Wildman–Crippen LogP) is 1.87. The summed E-state index contributed by atoms with van der Waals surface area (Å²) in [4.78, 5) is 0. The molecule has 3 nitrogen and oxygen atoms in total. The Balaban J connectivity index is 2.49. The third-order valence-corrected chi connectivity index (χ3v) is 2.74. The number of hydrogen-bond acceptors (Lipinski definition) is 3. The van der Waals surface area contributed by atoms with E-state index in [9.17, 15) is 0 Å². The summed E-state index contributed by atoms with van der Waals surface area (Å²) in [6.07, 6.45) is 2.70. The van der Waals surface area contributed by atoms with Crippen molar-refractivity contribution in [2.45, 2.75) is 50.9 Å². The summed E-state index contributed by atoms with van der Waals surface area (Å²) in [5.74, 6) is 0. The van der Waals surface area contributed by atoms with Crippen molar-refractivity contribution in [3.63, 3.8) is 0 Å². The zero-order valence-electron chi connectivity index (χ0n) is 8.54. The Morgan fingerprint density at radius 1 is 1.77 bits per heavy atom. The van der Waals surface area contributed by atoms with E-state index >= 15 is 0 Å². The van der Waals surface area contributed by atoms with Crippen LogP contribution in [0.2, 0.25) is 0 Å². The Bertz CT molecular complexity index is 211. The van der Waals surface area contributed by atoms with Gasteiger partial charge in [0.05, 0.1) is 30.3 Å². The average Bonchev–Trinajstić information content (AvgIpc) is 2.47. The van der Waals surface area contributed by atoms with Gasteiger partial charge < -0.3 is 9.47 Å². The number of hydrogen-bond donors (Lipinski definition) is 0. The lowest BCUT2D eigenvalue weighted by Crippen LogP contribution is -2.30. The molecule has 3 atom stereocenters. The summed E-state index contributed by atoms with van der Waals surface area (Å²) in [5, 5.41) is 8.61. The van der Waals surface area contributed by atoms with Gasteiger partial charge in [-0.2, -0.15) is 5.26 Å². The van der Waals surface area contributed by atoms with Crippen LogP contribution in [0.3, 0.4) is 0 Å². The van der Waals surface area contributed by atoms with Crippen molar-refractivity contribution in [1.29, 1.82) is 5.26 Å². The highest BCUT2D eigenvalue weighted by Gasteiger charge is 2.38. The summed E-state index contributed by atoms with van der Waals surface area (Å²) in [6.45, 7) is 4.00. The van der Waals surface area contributed by atoms with E-state index in [2.05, 4.69) is 6.07 Å². The average molecular weight is 183 g/mol. The van der Waals surface area contributed by atoms with Crippen LogP contribution in [0.5, 0.6) is 0 Å². The molecular weight excluding hydrogens is 166 g/mol. The summed E-state index contributed by atoms with van der Waals surface area (Å²) in [5.41, 5.74) is -0.244. The molecule has 0 bridgehead atoms. The number of methoxy groups -OCH3 is 1. The van der Waals surface area contributed by atoms with E-state index < -0.39 is 0 Å². The van der Waals surface area contributed by atoms with Crippen LogP contribution in [0, 0.1) is 11.3 Å². The molecule has 1 rings (SSSR count). The molecule has 0 aliphatic carbocycles. The van der Waals surface area contributed by atoms with Gasteiger partial charge in [-0.3, -0.25) is 0 Å². The molecule has 1 aliphatic heterocycles. The van der Waals surface area contributed by atoms with Gasteiger partial charge in [-0.15, -0.1) is 0 Å². The number of nitriles is 1. The van der Waals surface area contributed by atoms with Gasteiger partial charge in [-0.05, 0) is 26.7 Å². The lowest BCUT2D eigenvalue weighted by molar-refractivity contribution is -0.0826. The van der Waals surface area contributed by atoms with E-state index in [0.717, 1.165) is 12.8 Å². The Hall–Kier alpha value is -0.590. The molecule has 0 aromatic carbocycles. The predicted molar refractivity (Wildman–Crippen MR) is 49.2 cm³/mol. The van der Waals surface area contributed by atoms with Crippen LogP contribution >= 0.6 is 0 Å². The van der Waals surface area contributed by atoms with E-state index in [0.29, 0.717) is 6.42 Å². The van der Waals surface area contributed by atoms with Crippen LogP contribution in [-0.4, -0.2) is 24.9 Å². The zero-order valence-corrected chi connectivity index (χ0v) is 8.54. The quantitative estimate of drug-likeness (QED) is 0.670. The van der Waals surface area contributed by atoms with Crippen LogP contribution in [0.25, 0.3) is 0 Å². The van der Waals surface area contributed by atoms with Gasteiger partial charge >= 0.3 is 0 Å². The first-order valence-corrected chi connectivity index (χ1v) is 4.69. The van der Waals surface area contributed by atoms with E-state index in [-0.39, 0.29) is 17.8 Å². The highest BCUT2D eigenvalue weighted by atomic mass is 16.6. The molecule has 0 spiro atoms. The molecule has 1 aliphatic rings. The molecule has 3 heteroatoms. The SMILES string of the molecule is COC(C)C1CCC(C)(CC#N)O1. The summed E-state index contributed by atoms with van der Waals surface area (Å²) < 4.78 is 11.0. The molecule has 0 radical (unpaired) electrons. The van der Waals surface area contributed by atoms with Gasteiger partial charge in [-0.25, -0.2) is 0 Å². The first-order chi connectivity index (χ1) is 6.11. The van der Waals surface area contributed by atoms with Crippen molar-refractivity contribution in [1.82, 2.24) is 0 Å². The lowest BCUT2D eigenvalue weighted by atomic mass is 9.99. The van der Waals surface area contributed by atoms with Crippen LogP contribution in [0.15, 0.2) is 0 Å². The Labute approximate surface area is 79.6 Å². The molecule has 0 saturated carbocycles. The van der Waals surface area contributed by atoms with Crippen LogP contribution in [0.1, 0.15) is 33.1 Å². The van der Waals surface area contributed by atoms with Gasteiger partial charge in [0.1, 0.15) is 0 Å². The number of ether oxygens (including phenoxy) is 2. The van der Waals surface area contributed by atoms with Crippen LogP contribution in [-0.2, 0) is 9.47 Å². The van der Waals surface area contributed by atoms with E-state index in [1.807, 2.05) is 13.8 Å². The van der Waals surface area contributed by atoms with Crippen LogP contribution < -0.4 is 0 Å². The fourth-order valence-electron chi connectivity index (χ4n) is 1.71. The monoisotopic (exact) mass is 183 g/mol. The van der Waals surface area contributed by atoms with Crippen LogP contribution in [0.4, 0.5) is 0 Å². The third-order valence-electron chi connectivity index (χ3n) is 2.74. The zero-order chi connectivity index (χ0) is 9.90. The smallest absolute Gasteiger partial charge is 0.0842 e. The van der Waals surface area contributed by atoms with E-state index in [1.54, 1.807) is 7.11 Å². The maximum absolute atomic E-state index is 8.61. The van der Waals surface area contributed by atoms with Gasteiger partial charge in [0.15, 0.2) is 0 Å². The molecule has 0 amide bonds. The molecule has 0 aromatic rings. The van der Waals surface area contributed by atoms with E-state index in [1.165, 1.54) is 0 Å². The first kappa shape index (κ1) is 10.5. The Morgan fingerprint density at radius 2 is 2.46 bits per heavy atom. The maximum atomic E-state index is 8.61. The molecule has 74 valence electrons. The normalized spacial score (nSPS) is 35.7. The Morgan fingerprint density at radius 3 is 3.00 bits per heavy atom. The van der Waals surface area contributed by atoms with Gasteiger partial charge in [-0.1, -0.05) is 0 Å². The fourth-order valence-corrected chi connectivity index (χ4v) is 1.71. The largest absolute Gasteiger partial charge is 0.379 e. The Kier molecular flexibility index (Phi) is 3.29. The third kappa shape index (κ3) is 2.43. The van der Waals surface area contributed by atoms with Crippen molar-refractivity contribution in [2.75, 3.05) is 7.11 Å². The fraction of sp³-hybridized carbons (Fsp3) is 0.900. The molecule has 0 N–H and O–H groups in total. The highest BCUT2D eigenvalue weighted by Crippen LogP contribution is 2.34. The highest BCUT2D eigenvalue weighted by molar-refractivity contribution is 4.93. The second-order valence-corrected chi connectivity index (χ2v) is 3.92. The van der Waals surface area contributed by atoms with Gasteiger partial charge in [0, 0.05) is 7.11 Å². The molecule has 1 saturated heterocycles. The topological polar surface area (TPSA) is 42.2 Å². The summed E-state index contributed by atoms with van der Waals surface area (Å²) in [6, 6.07) is 2.16. The summed E-state index contributed by atoms with van der Waals surface area (Å²) in [7, 11) is 1.69. The molecule has 13 heavy (non-hydrogen) atoms. The van der Waals surface area contributed by atoms with Crippen molar-refractivity contribution in [3.8, 4) is 6.07 Å². The van der Waals surface area contributed by atoms with Crippen molar-refractivity contribution < 1.29 is 9.47 Å². The minimum absolute atomic E-state index is 0.125. The minimum Gasteiger partial charge on any atom is -0.379 e. The van der Waals surface area contributed by atoms with Gasteiger partial charge in [0.25, 0.3) is 0 Å². The second kappa shape index (κ2) is 4.08. The number of nitrogens with zero attached hydrogens (tertiary/aromatic N) is 1. The second-order valence-electron chi connectivity index (χ2n) is 3.92.